The zero-order valence-corrected chi connectivity index (χ0v) is 23.1. The van der Waals surface area contributed by atoms with Crippen LogP contribution < -0.4 is 0 Å². The molecule has 0 aliphatic carbocycles. The van der Waals surface area contributed by atoms with E-state index < -0.39 is 12.2 Å². The molecule has 3 atom stereocenters. The number of carbonyl (C=O) groups is 1. The van der Waals surface area contributed by atoms with Crippen molar-refractivity contribution in [3.8, 4) is 0 Å². The summed E-state index contributed by atoms with van der Waals surface area (Å²) in [4.78, 5) is 12.4. The average molecular weight is 574 g/mol. The third-order valence-electron chi connectivity index (χ3n) is 6.10. The fraction of sp³-hybridized carbons (Fsp3) is 0.242. The van der Waals surface area contributed by atoms with Gasteiger partial charge in [-0.2, -0.15) is 0 Å². The van der Waals surface area contributed by atoms with Gasteiger partial charge in [0.2, 0.25) is 0 Å². The van der Waals surface area contributed by atoms with Crippen molar-refractivity contribution >= 4 is 21.2 Å². The van der Waals surface area contributed by atoms with Gasteiger partial charge in [-0.05, 0) is 0 Å². The molecule has 38 heavy (non-hydrogen) atoms. The SMILES string of the molecule is O=C[C@@H](OCc1ccccc1)[C@H](OCc1ccccc1)[C@@H](C[Se]Cc1ccccc1)OCc1ccccc1. The minimum absolute atomic E-state index is 0.254. The summed E-state index contributed by atoms with van der Waals surface area (Å²) >= 11 is 0.254. The van der Waals surface area contributed by atoms with E-state index in [2.05, 4.69) is 36.4 Å². The molecular formula is C33H34O4Se. The molecule has 0 bridgehead atoms. The minimum atomic E-state index is -0.757. The van der Waals surface area contributed by atoms with Gasteiger partial charge in [0.05, 0.1) is 0 Å². The van der Waals surface area contributed by atoms with Crippen molar-refractivity contribution in [3.05, 3.63) is 144 Å². The molecule has 0 aliphatic heterocycles. The molecule has 0 fully saturated rings. The van der Waals surface area contributed by atoms with E-state index in [1.165, 1.54) is 5.56 Å². The number of hydrogen-bond donors (Lipinski definition) is 0. The van der Waals surface area contributed by atoms with Crippen LogP contribution >= 0.6 is 0 Å². The van der Waals surface area contributed by atoms with Crippen LogP contribution in [0.4, 0.5) is 0 Å². The van der Waals surface area contributed by atoms with Crippen LogP contribution in [0.1, 0.15) is 22.3 Å². The molecule has 0 aliphatic rings. The molecule has 0 radical (unpaired) electrons. The summed E-state index contributed by atoms with van der Waals surface area (Å²) in [5, 5.41) is 1.79. The van der Waals surface area contributed by atoms with Crippen LogP contribution in [0.15, 0.2) is 121 Å². The Balaban J connectivity index is 1.52. The number of benzene rings is 4. The molecule has 0 aromatic heterocycles. The Labute approximate surface area is 232 Å². The van der Waals surface area contributed by atoms with Crippen molar-refractivity contribution < 1.29 is 19.0 Å². The molecule has 0 amide bonds. The van der Waals surface area contributed by atoms with Gasteiger partial charge in [0, 0.05) is 0 Å². The van der Waals surface area contributed by atoms with Gasteiger partial charge in [-0.3, -0.25) is 0 Å². The summed E-state index contributed by atoms with van der Waals surface area (Å²) in [6.45, 7) is 1.15. The number of carbonyl (C=O) groups excluding carboxylic acids is 1. The van der Waals surface area contributed by atoms with Crippen molar-refractivity contribution in [3.63, 3.8) is 0 Å². The predicted octanol–water partition coefficient (Wildman–Crippen LogP) is 6.26. The van der Waals surface area contributed by atoms with Gasteiger partial charge in [-0.25, -0.2) is 0 Å². The molecule has 0 saturated carbocycles. The van der Waals surface area contributed by atoms with E-state index in [4.69, 9.17) is 14.2 Å². The Morgan fingerprint density at radius 2 is 0.974 bits per heavy atom. The normalized spacial score (nSPS) is 13.5. The molecule has 4 aromatic carbocycles. The number of ether oxygens (including phenoxy) is 3. The van der Waals surface area contributed by atoms with Gasteiger partial charge in [0.15, 0.2) is 0 Å². The molecule has 0 saturated heterocycles. The van der Waals surface area contributed by atoms with E-state index in [-0.39, 0.29) is 21.1 Å². The van der Waals surface area contributed by atoms with Gasteiger partial charge in [0.25, 0.3) is 0 Å². The van der Waals surface area contributed by atoms with Gasteiger partial charge in [-0.15, -0.1) is 0 Å². The molecule has 4 nitrogen and oxygen atoms in total. The second-order valence-corrected chi connectivity index (χ2v) is 11.2. The van der Waals surface area contributed by atoms with Crippen LogP contribution in [0.25, 0.3) is 0 Å². The molecule has 0 N–H and O–H groups in total. The Kier molecular flexibility index (Phi) is 11.8. The number of rotatable bonds is 16. The molecule has 0 spiro atoms. The van der Waals surface area contributed by atoms with Crippen molar-refractivity contribution in [1.29, 1.82) is 0 Å². The zero-order chi connectivity index (χ0) is 26.3. The predicted molar refractivity (Wildman–Crippen MR) is 152 cm³/mol. The average Bonchev–Trinajstić information content (AvgIpc) is 2.99. The van der Waals surface area contributed by atoms with Gasteiger partial charge < -0.3 is 0 Å². The maximum absolute atomic E-state index is 12.4. The standard InChI is InChI=1S/C33H34O4Se/c34-21-31(35-22-27-13-5-1-6-14-27)33(37-24-29-17-9-3-10-18-29)32(36-23-28-15-7-2-8-16-28)26-38-25-30-19-11-4-12-20-30/h1-21,31-33H,22-26H2/t31-,32-,33+/m1/s1. The molecule has 5 heteroatoms. The molecule has 4 aromatic rings. The number of aldehydes is 1. The first-order valence-corrected chi connectivity index (χ1v) is 15.3. The van der Waals surface area contributed by atoms with Crippen LogP contribution in [0.3, 0.4) is 0 Å². The molecular weight excluding hydrogens is 539 g/mol. The van der Waals surface area contributed by atoms with E-state index in [0.717, 1.165) is 33.6 Å². The second-order valence-electron chi connectivity index (χ2n) is 8.99. The Hall–Kier alpha value is -3.05. The van der Waals surface area contributed by atoms with E-state index in [0.29, 0.717) is 19.8 Å². The number of hydrogen-bond acceptors (Lipinski definition) is 4. The third-order valence-corrected chi connectivity index (χ3v) is 8.41. The quantitative estimate of drug-likeness (QED) is 0.117. The fourth-order valence-electron chi connectivity index (χ4n) is 4.04. The van der Waals surface area contributed by atoms with E-state index in [1.54, 1.807) is 0 Å². The van der Waals surface area contributed by atoms with Crippen LogP contribution in [-0.4, -0.2) is 39.6 Å². The van der Waals surface area contributed by atoms with Crippen LogP contribution in [0, 0.1) is 0 Å². The zero-order valence-electron chi connectivity index (χ0n) is 21.4. The molecule has 4 rings (SSSR count). The summed E-state index contributed by atoms with van der Waals surface area (Å²) in [5.74, 6) is 0. The summed E-state index contributed by atoms with van der Waals surface area (Å²) in [6.07, 6.45) is -0.736. The van der Waals surface area contributed by atoms with Crippen molar-refractivity contribution in [2.45, 2.75) is 48.8 Å². The monoisotopic (exact) mass is 574 g/mol. The van der Waals surface area contributed by atoms with Crippen molar-refractivity contribution in [1.82, 2.24) is 0 Å². The fourth-order valence-corrected chi connectivity index (χ4v) is 6.27. The Bertz CT molecular complexity index is 1170. The molecule has 0 unspecified atom stereocenters. The molecule has 196 valence electrons. The summed E-state index contributed by atoms with van der Waals surface area (Å²) < 4.78 is 19.1. The summed E-state index contributed by atoms with van der Waals surface area (Å²) in [7, 11) is 0. The van der Waals surface area contributed by atoms with Gasteiger partial charge in [0.1, 0.15) is 0 Å². The van der Waals surface area contributed by atoms with Crippen LogP contribution in [-0.2, 0) is 44.1 Å². The molecule has 0 heterocycles. The van der Waals surface area contributed by atoms with Crippen molar-refractivity contribution in [2.75, 3.05) is 0 Å². The van der Waals surface area contributed by atoms with E-state index in [1.807, 2.05) is 84.9 Å². The summed E-state index contributed by atoms with van der Waals surface area (Å²) in [6, 6.07) is 40.5. The van der Waals surface area contributed by atoms with Gasteiger partial charge >= 0.3 is 233 Å². The Morgan fingerprint density at radius 3 is 1.45 bits per heavy atom. The second kappa shape index (κ2) is 16.0. The first-order valence-electron chi connectivity index (χ1n) is 12.9. The van der Waals surface area contributed by atoms with Crippen LogP contribution in [0.5, 0.6) is 0 Å². The Morgan fingerprint density at radius 1 is 0.553 bits per heavy atom. The summed E-state index contributed by atoms with van der Waals surface area (Å²) in [5.41, 5.74) is 4.45. The maximum atomic E-state index is 12.4. The van der Waals surface area contributed by atoms with Gasteiger partial charge in [-0.1, -0.05) is 0 Å². The topological polar surface area (TPSA) is 44.8 Å². The third kappa shape index (κ3) is 9.36. The van der Waals surface area contributed by atoms with E-state index in [9.17, 15) is 4.79 Å². The first kappa shape index (κ1) is 28.0. The van der Waals surface area contributed by atoms with Crippen molar-refractivity contribution in [2.24, 2.45) is 0 Å². The van der Waals surface area contributed by atoms with E-state index >= 15 is 0 Å². The first-order chi connectivity index (χ1) is 18.8. The van der Waals surface area contributed by atoms with Crippen LogP contribution in [0.2, 0.25) is 5.32 Å².